The Morgan fingerprint density at radius 3 is 2.26 bits per heavy atom. The SMILES string of the molecule is COc1ccc(CO[C@@H]2CC[C@@H](OC(=O)c3ccccc3)[C@H](O)[C@@H]2O)cc1. The molecular formula is C21H24O6. The lowest BCUT2D eigenvalue weighted by atomic mass is 9.89. The fourth-order valence-corrected chi connectivity index (χ4v) is 3.13. The van der Waals surface area contributed by atoms with Crippen molar-refractivity contribution in [1.29, 1.82) is 0 Å². The Balaban J connectivity index is 1.52. The molecule has 2 aromatic carbocycles. The molecule has 0 aromatic heterocycles. The lowest BCUT2D eigenvalue weighted by molar-refractivity contribution is -0.158. The molecule has 1 aliphatic carbocycles. The van der Waals surface area contributed by atoms with E-state index in [9.17, 15) is 15.0 Å². The van der Waals surface area contributed by atoms with E-state index in [1.807, 2.05) is 24.3 Å². The Bertz CT molecular complexity index is 730. The number of rotatable bonds is 6. The number of esters is 1. The second-order valence-corrected chi connectivity index (χ2v) is 6.57. The van der Waals surface area contributed by atoms with Gasteiger partial charge in [0.05, 0.1) is 25.4 Å². The lowest BCUT2D eigenvalue weighted by Gasteiger charge is -2.36. The zero-order valence-electron chi connectivity index (χ0n) is 15.2. The molecule has 0 spiro atoms. The Kier molecular flexibility index (Phi) is 6.45. The highest BCUT2D eigenvalue weighted by Crippen LogP contribution is 2.26. The molecule has 0 saturated heterocycles. The number of methoxy groups -OCH3 is 1. The van der Waals surface area contributed by atoms with Crippen molar-refractivity contribution in [3.8, 4) is 5.75 Å². The first kappa shape index (κ1) is 19.4. The lowest BCUT2D eigenvalue weighted by Crippen LogP contribution is -2.51. The third-order valence-electron chi connectivity index (χ3n) is 4.74. The van der Waals surface area contributed by atoms with Crippen molar-refractivity contribution in [2.24, 2.45) is 0 Å². The van der Waals surface area contributed by atoms with Crippen LogP contribution in [-0.4, -0.2) is 47.7 Å². The number of aliphatic hydroxyl groups is 2. The molecule has 6 heteroatoms. The minimum Gasteiger partial charge on any atom is -0.497 e. The van der Waals surface area contributed by atoms with Crippen molar-refractivity contribution < 1.29 is 29.2 Å². The average molecular weight is 372 g/mol. The molecule has 0 amide bonds. The molecule has 0 heterocycles. The molecule has 1 fully saturated rings. The number of aliphatic hydroxyl groups excluding tert-OH is 2. The van der Waals surface area contributed by atoms with Crippen LogP contribution in [-0.2, 0) is 16.1 Å². The monoisotopic (exact) mass is 372 g/mol. The zero-order chi connectivity index (χ0) is 19.2. The van der Waals surface area contributed by atoms with Crippen LogP contribution in [0.15, 0.2) is 54.6 Å². The van der Waals surface area contributed by atoms with Gasteiger partial charge in [-0.05, 0) is 42.7 Å². The van der Waals surface area contributed by atoms with Crippen LogP contribution in [0, 0.1) is 0 Å². The van der Waals surface area contributed by atoms with Crippen molar-refractivity contribution in [3.05, 3.63) is 65.7 Å². The molecule has 4 atom stereocenters. The maximum Gasteiger partial charge on any atom is 0.338 e. The molecule has 27 heavy (non-hydrogen) atoms. The summed E-state index contributed by atoms with van der Waals surface area (Å²) in [6, 6.07) is 16.0. The second-order valence-electron chi connectivity index (χ2n) is 6.57. The van der Waals surface area contributed by atoms with Gasteiger partial charge in [0, 0.05) is 0 Å². The largest absolute Gasteiger partial charge is 0.497 e. The van der Waals surface area contributed by atoms with Crippen molar-refractivity contribution >= 4 is 5.97 Å². The van der Waals surface area contributed by atoms with Crippen LogP contribution in [0.5, 0.6) is 5.75 Å². The summed E-state index contributed by atoms with van der Waals surface area (Å²) in [5.74, 6) is 0.249. The highest BCUT2D eigenvalue weighted by Gasteiger charge is 2.40. The topological polar surface area (TPSA) is 85.2 Å². The number of benzene rings is 2. The van der Waals surface area contributed by atoms with Gasteiger partial charge in [0.15, 0.2) is 0 Å². The van der Waals surface area contributed by atoms with Crippen LogP contribution in [0.3, 0.4) is 0 Å². The predicted octanol–water partition coefficient (Wildman–Crippen LogP) is 2.32. The van der Waals surface area contributed by atoms with Crippen LogP contribution in [0.1, 0.15) is 28.8 Å². The van der Waals surface area contributed by atoms with E-state index in [1.165, 1.54) is 0 Å². The van der Waals surface area contributed by atoms with Crippen molar-refractivity contribution in [1.82, 2.24) is 0 Å². The van der Waals surface area contributed by atoms with Crippen LogP contribution in [0.2, 0.25) is 0 Å². The smallest absolute Gasteiger partial charge is 0.338 e. The number of carbonyl (C=O) groups is 1. The molecule has 2 aromatic rings. The van der Waals surface area contributed by atoms with Gasteiger partial charge in [0.2, 0.25) is 0 Å². The van der Waals surface area contributed by atoms with E-state index < -0.39 is 30.4 Å². The Labute approximate surface area is 158 Å². The highest BCUT2D eigenvalue weighted by molar-refractivity contribution is 5.89. The quantitative estimate of drug-likeness (QED) is 0.757. The molecule has 0 radical (unpaired) electrons. The Hall–Kier alpha value is -2.41. The van der Waals surface area contributed by atoms with Gasteiger partial charge in [0.1, 0.15) is 24.1 Å². The molecule has 0 unspecified atom stereocenters. The fraction of sp³-hybridized carbons (Fsp3) is 0.381. The number of ether oxygens (including phenoxy) is 3. The number of hydrogen-bond acceptors (Lipinski definition) is 6. The minimum absolute atomic E-state index is 0.312. The van der Waals surface area contributed by atoms with E-state index in [0.717, 1.165) is 11.3 Å². The summed E-state index contributed by atoms with van der Waals surface area (Å²) < 4.78 is 16.3. The fourth-order valence-electron chi connectivity index (χ4n) is 3.13. The first-order valence-electron chi connectivity index (χ1n) is 8.95. The van der Waals surface area contributed by atoms with Gasteiger partial charge in [-0.15, -0.1) is 0 Å². The van der Waals surface area contributed by atoms with Crippen LogP contribution in [0.25, 0.3) is 0 Å². The predicted molar refractivity (Wildman–Crippen MR) is 98.5 cm³/mol. The summed E-state index contributed by atoms with van der Waals surface area (Å²) in [6.45, 7) is 0.312. The van der Waals surface area contributed by atoms with Crippen molar-refractivity contribution in [3.63, 3.8) is 0 Å². The summed E-state index contributed by atoms with van der Waals surface area (Å²) >= 11 is 0. The molecule has 0 aliphatic heterocycles. The van der Waals surface area contributed by atoms with Crippen LogP contribution in [0.4, 0.5) is 0 Å². The molecule has 144 valence electrons. The third kappa shape index (κ3) is 4.86. The molecule has 3 rings (SSSR count). The van der Waals surface area contributed by atoms with E-state index in [1.54, 1.807) is 37.4 Å². The van der Waals surface area contributed by atoms with Gasteiger partial charge in [-0.25, -0.2) is 4.79 Å². The molecular weight excluding hydrogens is 348 g/mol. The number of carbonyl (C=O) groups excluding carboxylic acids is 1. The van der Waals surface area contributed by atoms with Gasteiger partial charge < -0.3 is 24.4 Å². The van der Waals surface area contributed by atoms with Gasteiger partial charge in [-0.3, -0.25) is 0 Å². The Morgan fingerprint density at radius 1 is 0.963 bits per heavy atom. The summed E-state index contributed by atoms with van der Waals surface area (Å²) in [7, 11) is 1.60. The normalized spacial score (nSPS) is 25.0. The first-order valence-corrected chi connectivity index (χ1v) is 8.95. The summed E-state index contributed by atoms with van der Waals surface area (Å²) in [5, 5.41) is 20.7. The summed E-state index contributed by atoms with van der Waals surface area (Å²) in [5.41, 5.74) is 1.35. The van der Waals surface area contributed by atoms with Crippen molar-refractivity contribution in [2.45, 2.75) is 43.9 Å². The third-order valence-corrected chi connectivity index (χ3v) is 4.74. The van der Waals surface area contributed by atoms with Gasteiger partial charge in [-0.1, -0.05) is 30.3 Å². The van der Waals surface area contributed by atoms with E-state index in [4.69, 9.17) is 14.2 Å². The van der Waals surface area contributed by atoms with E-state index in [2.05, 4.69) is 0 Å². The summed E-state index contributed by atoms with van der Waals surface area (Å²) in [6.07, 6.45) is -2.68. The second kappa shape index (κ2) is 8.99. The average Bonchev–Trinajstić information content (AvgIpc) is 2.72. The van der Waals surface area contributed by atoms with E-state index in [0.29, 0.717) is 25.0 Å². The maximum absolute atomic E-state index is 12.2. The van der Waals surface area contributed by atoms with Crippen molar-refractivity contribution in [2.75, 3.05) is 7.11 Å². The zero-order valence-corrected chi connectivity index (χ0v) is 15.2. The Morgan fingerprint density at radius 2 is 1.59 bits per heavy atom. The van der Waals surface area contributed by atoms with Gasteiger partial charge in [-0.2, -0.15) is 0 Å². The van der Waals surface area contributed by atoms with Gasteiger partial charge in [0.25, 0.3) is 0 Å². The van der Waals surface area contributed by atoms with Crippen LogP contribution < -0.4 is 4.74 Å². The molecule has 1 saturated carbocycles. The highest BCUT2D eigenvalue weighted by atomic mass is 16.6. The number of hydrogen-bond donors (Lipinski definition) is 2. The van der Waals surface area contributed by atoms with Crippen LogP contribution >= 0.6 is 0 Å². The molecule has 0 bridgehead atoms. The summed E-state index contributed by atoms with van der Waals surface area (Å²) in [4.78, 5) is 12.2. The first-order chi connectivity index (χ1) is 13.1. The van der Waals surface area contributed by atoms with Gasteiger partial charge >= 0.3 is 5.97 Å². The minimum atomic E-state index is -1.19. The standard InChI is InChI=1S/C21H24O6/c1-25-16-9-7-14(8-10-16)13-26-17-11-12-18(20(23)19(17)22)27-21(24)15-5-3-2-4-6-15/h2-10,17-20,22-23H,11-13H2,1H3/t17-,18-,19-,20+/m1/s1. The van der Waals surface area contributed by atoms with E-state index >= 15 is 0 Å². The molecule has 2 N–H and O–H groups in total. The molecule has 6 nitrogen and oxygen atoms in total. The maximum atomic E-state index is 12.2. The molecule has 1 aliphatic rings. The van der Waals surface area contributed by atoms with E-state index in [-0.39, 0.29) is 0 Å².